The number of aromatic nitrogens is 1. The van der Waals surface area contributed by atoms with E-state index in [0.717, 1.165) is 18.2 Å². The summed E-state index contributed by atoms with van der Waals surface area (Å²) < 4.78 is 52.9. The maximum Gasteiger partial charge on any atom is 0.434 e. The zero-order valence-electron chi connectivity index (χ0n) is 9.37. The fraction of sp³-hybridized carbons (Fsp3) is 0.167. The standard InChI is InChI=1S/C12H7F4NOS/c13-8-3-1-7(2-4-8)10(18)5-9-6-11(17-19-9)12(14,15)16/h1-4,6H,5H2. The Kier molecular flexibility index (Phi) is 3.66. The summed E-state index contributed by atoms with van der Waals surface area (Å²) in [5, 5.41) is 0. The van der Waals surface area contributed by atoms with Crippen LogP contribution in [0.25, 0.3) is 0 Å². The first-order valence-corrected chi connectivity index (χ1v) is 5.95. The first-order chi connectivity index (χ1) is 8.86. The van der Waals surface area contributed by atoms with Gasteiger partial charge < -0.3 is 0 Å². The number of Topliss-reactive ketones (excluding diaryl/α,β-unsaturated/α-hetero) is 1. The number of rotatable bonds is 3. The van der Waals surface area contributed by atoms with Gasteiger partial charge in [0.2, 0.25) is 0 Å². The van der Waals surface area contributed by atoms with E-state index >= 15 is 0 Å². The van der Waals surface area contributed by atoms with Crippen molar-refractivity contribution in [2.45, 2.75) is 12.6 Å². The van der Waals surface area contributed by atoms with E-state index in [2.05, 4.69) is 4.37 Å². The van der Waals surface area contributed by atoms with Crippen LogP contribution in [0.15, 0.2) is 30.3 Å². The lowest BCUT2D eigenvalue weighted by molar-refractivity contribution is -0.140. The number of benzene rings is 1. The van der Waals surface area contributed by atoms with Crippen LogP contribution in [0.4, 0.5) is 17.6 Å². The highest BCUT2D eigenvalue weighted by Gasteiger charge is 2.33. The van der Waals surface area contributed by atoms with Gasteiger partial charge in [-0.25, -0.2) is 4.39 Å². The van der Waals surface area contributed by atoms with Crippen LogP contribution in [-0.4, -0.2) is 10.2 Å². The molecule has 1 aromatic carbocycles. The summed E-state index contributed by atoms with van der Waals surface area (Å²) in [4.78, 5) is 12.0. The minimum absolute atomic E-state index is 0.181. The Labute approximate surface area is 109 Å². The van der Waals surface area contributed by atoms with Crippen LogP contribution in [0, 0.1) is 5.82 Å². The van der Waals surface area contributed by atoms with Gasteiger partial charge >= 0.3 is 6.18 Å². The summed E-state index contributed by atoms with van der Waals surface area (Å²) >= 11 is 0.638. The highest BCUT2D eigenvalue weighted by molar-refractivity contribution is 7.05. The lowest BCUT2D eigenvalue weighted by atomic mass is 10.1. The molecule has 2 aromatic rings. The molecule has 2 rings (SSSR count). The number of hydrogen-bond acceptors (Lipinski definition) is 3. The van der Waals surface area contributed by atoms with Gasteiger partial charge in [-0.2, -0.15) is 17.5 Å². The van der Waals surface area contributed by atoms with Crippen molar-refractivity contribution in [1.82, 2.24) is 4.37 Å². The summed E-state index contributed by atoms with van der Waals surface area (Å²) in [6.07, 6.45) is -4.69. The van der Waals surface area contributed by atoms with Crippen LogP contribution >= 0.6 is 11.5 Å². The Morgan fingerprint density at radius 3 is 2.37 bits per heavy atom. The zero-order valence-corrected chi connectivity index (χ0v) is 10.2. The molecule has 0 N–H and O–H groups in total. The van der Waals surface area contributed by atoms with Crippen molar-refractivity contribution >= 4 is 17.3 Å². The molecule has 0 atom stereocenters. The van der Waals surface area contributed by atoms with Gasteiger partial charge in [-0.3, -0.25) is 4.79 Å². The summed E-state index contributed by atoms with van der Waals surface area (Å²) in [6, 6.07) is 5.70. The molecule has 1 aromatic heterocycles. The minimum atomic E-state index is -4.51. The third-order valence-electron chi connectivity index (χ3n) is 2.35. The van der Waals surface area contributed by atoms with Crippen LogP contribution in [0.2, 0.25) is 0 Å². The Hall–Kier alpha value is -1.76. The van der Waals surface area contributed by atoms with Crippen molar-refractivity contribution in [3.63, 3.8) is 0 Å². The topological polar surface area (TPSA) is 30.0 Å². The van der Waals surface area contributed by atoms with E-state index in [-0.39, 0.29) is 22.6 Å². The third kappa shape index (κ3) is 3.37. The predicted octanol–water partition coefficient (Wildman–Crippen LogP) is 3.73. The van der Waals surface area contributed by atoms with E-state index in [4.69, 9.17) is 0 Å². The molecule has 0 bridgehead atoms. The molecular weight excluding hydrogens is 282 g/mol. The number of nitrogens with zero attached hydrogens (tertiary/aromatic N) is 1. The first-order valence-electron chi connectivity index (χ1n) is 5.18. The largest absolute Gasteiger partial charge is 0.434 e. The molecule has 0 radical (unpaired) electrons. The van der Waals surface area contributed by atoms with Crippen LogP contribution in [-0.2, 0) is 12.6 Å². The SMILES string of the molecule is O=C(Cc1cc(C(F)(F)F)ns1)c1ccc(F)cc1. The molecule has 0 saturated carbocycles. The zero-order chi connectivity index (χ0) is 14.0. The number of hydrogen-bond donors (Lipinski definition) is 0. The monoisotopic (exact) mass is 289 g/mol. The molecule has 19 heavy (non-hydrogen) atoms. The lowest BCUT2D eigenvalue weighted by Crippen LogP contribution is -2.05. The highest BCUT2D eigenvalue weighted by Crippen LogP contribution is 2.30. The van der Waals surface area contributed by atoms with Crippen LogP contribution in [0.5, 0.6) is 0 Å². The quantitative estimate of drug-likeness (QED) is 0.636. The highest BCUT2D eigenvalue weighted by atomic mass is 32.1. The van der Waals surface area contributed by atoms with Gasteiger partial charge in [0.05, 0.1) is 0 Å². The van der Waals surface area contributed by atoms with Gasteiger partial charge in [0.15, 0.2) is 11.5 Å². The molecule has 7 heteroatoms. The van der Waals surface area contributed by atoms with Crippen molar-refractivity contribution < 1.29 is 22.4 Å². The number of carbonyl (C=O) groups excluding carboxylic acids is 1. The Morgan fingerprint density at radius 2 is 1.84 bits per heavy atom. The van der Waals surface area contributed by atoms with E-state index in [9.17, 15) is 22.4 Å². The second kappa shape index (κ2) is 5.08. The number of alkyl halides is 3. The average molecular weight is 289 g/mol. The van der Waals surface area contributed by atoms with E-state index < -0.39 is 17.7 Å². The lowest BCUT2D eigenvalue weighted by Gasteiger charge is -2.00. The fourth-order valence-corrected chi connectivity index (χ4v) is 2.16. The van der Waals surface area contributed by atoms with Crippen molar-refractivity contribution in [2.75, 3.05) is 0 Å². The second-order valence-corrected chi connectivity index (χ2v) is 4.67. The van der Waals surface area contributed by atoms with Gasteiger partial charge in [0.25, 0.3) is 0 Å². The summed E-state index contributed by atoms with van der Waals surface area (Å²) in [6.45, 7) is 0. The van der Waals surface area contributed by atoms with E-state index in [1.807, 2.05) is 0 Å². The molecule has 0 aliphatic rings. The van der Waals surface area contributed by atoms with E-state index in [1.165, 1.54) is 12.1 Å². The molecule has 0 amide bonds. The van der Waals surface area contributed by atoms with Crippen molar-refractivity contribution in [3.8, 4) is 0 Å². The number of carbonyl (C=O) groups is 1. The molecule has 0 aliphatic carbocycles. The molecule has 100 valence electrons. The molecule has 0 saturated heterocycles. The average Bonchev–Trinajstić information content (AvgIpc) is 2.78. The molecule has 0 fully saturated rings. The predicted molar refractivity (Wildman–Crippen MR) is 61.6 cm³/mol. The molecule has 0 aliphatic heterocycles. The van der Waals surface area contributed by atoms with Gasteiger partial charge in [-0.15, -0.1) is 0 Å². The van der Waals surface area contributed by atoms with Crippen molar-refractivity contribution in [3.05, 3.63) is 52.3 Å². The van der Waals surface area contributed by atoms with Crippen molar-refractivity contribution in [1.29, 1.82) is 0 Å². The smallest absolute Gasteiger partial charge is 0.294 e. The van der Waals surface area contributed by atoms with Crippen molar-refractivity contribution in [2.24, 2.45) is 0 Å². The maximum absolute atomic E-state index is 12.7. The fourth-order valence-electron chi connectivity index (χ4n) is 1.43. The van der Waals surface area contributed by atoms with E-state index in [1.54, 1.807) is 0 Å². The first kappa shape index (κ1) is 13.7. The van der Waals surface area contributed by atoms with Gasteiger partial charge in [-0.05, 0) is 41.9 Å². The number of ketones is 1. The Balaban J connectivity index is 2.11. The normalized spacial score (nSPS) is 11.6. The maximum atomic E-state index is 12.7. The van der Waals surface area contributed by atoms with Crippen LogP contribution in [0.1, 0.15) is 20.9 Å². The van der Waals surface area contributed by atoms with Gasteiger partial charge in [0.1, 0.15) is 5.82 Å². The molecule has 0 spiro atoms. The molecule has 0 unspecified atom stereocenters. The third-order valence-corrected chi connectivity index (χ3v) is 3.14. The molecule has 2 nitrogen and oxygen atoms in total. The van der Waals surface area contributed by atoms with E-state index in [0.29, 0.717) is 11.5 Å². The summed E-state index contributed by atoms with van der Waals surface area (Å²) in [5.41, 5.74) is -0.747. The van der Waals surface area contributed by atoms with Gasteiger partial charge in [0, 0.05) is 16.9 Å². The number of halogens is 4. The Bertz CT molecular complexity index is 589. The molecule has 1 heterocycles. The Morgan fingerprint density at radius 1 is 1.21 bits per heavy atom. The van der Waals surface area contributed by atoms with Gasteiger partial charge in [-0.1, -0.05) is 0 Å². The second-order valence-electron chi connectivity index (χ2n) is 3.78. The van der Waals surface area contributed by atoms with Crippen LogP contribution in [0.3, 0.4) is 0 Å². The van der Waals surface area contributed by atoms with Crippen LogP contribution < -0.4 is 0 Å². The summed E-state index contributed by atoms with van der Waals surface area (Å²) in [7, 11) is 0. The minimum Gasteiger partial charge on any atom is -0.294 e. The summed E-state index contributed by atoms with van der Waals surface area (Å²) in [5.74, 6) is -0.855. The molecular formula is C12H7F4NOS.